The summed E-state index contributed by atoms with van der Waals surface area (Å²) in [7, 11) is 0. The number of rotatable bonds is 2. The van der Waals surface area contributed by atoms with E-state index in [9.17, 15) is 0 Å². The molecule has 1 heterocycles. The first-order valence-electron chi connectivity index (χ1n) is 7.95. The summed E-state index contributed by atoms with van der Waals surface area (Å²) in [5, 5.41) is 3.85. The van der Waals surface area contributed by atoms with Crippen LogP contribution in [-0.2, 0) is 0 Å². The second-order valence-electron chi connectivity index (χ2n) is 7.92. The van der Waals surface area contributed by atoms with E-state index >= 15 is 0 Å². The van der Waals surface area contributed by atoms with Crippen molar-refractivity contribution in [3.63, 3.8) is 0 Å². The van der Waals surface area contributed by atoms with Crippen LogP contribution < -0.4 is 5.32 Å². The fourth-order valence-corrected chi connectivity index (χ4v) is 3.57. The van der Waals surface area contributed by atoms with Gasteiger partial charge >= 0.3 is 0 Å². The predicted molar refractivity (Wildman–Crippen MR) is 83.4 cm³/mol. The molecule has 0 radical (unpaired) electrons. The first-order valence-corrected chi connectivity index (χ1v) is 7.95. The van der Waals surface area contributed by atoms with E-state index in [-0.39, 0.29) is 0 Å². The summed E-state index contributed by atoms with van der Waals surface area (Å²) in [6.45, 7) is 15.0. The molecule has 0 bridgehead atoms. The summed E-state index contributed by atoms with van der Waals surface area (Å²) in [4.78, 5) is 2.78. The van der Waals surface area contributed by atoms with Crippen LogP contribution in [0.25, 0.3) is 0 Å². The highest BCUT2D eigenvalue weighted by molar-refractivity contribution is 5.07. The van der Waals surface area contributed by atoms with Gasteiger partial charge < -0.3 is 5.32 Å². The molecule has 2 heteroatoms. The van der Waals surface area contributed by atoms with Crippen molar-refractivity contribution in [3.05, 3.63) is 11.6 Å². The minimum atomic E-state index is 0.351. The Morgan fingerprint density at radius 2 is 1.89 bits per heavy atom. The maximum absolute atomic E-state index is 3.85. The van der Waals surface area contributed by atoms with E-state index in [4.69, 9.17) is 0 Å². The molecule has 1 saturated heterocycles. The van der Waals surface area contributed by atoms with E-state index in [1.807, 2.05) is 0 Å². The van der Waals surface area contributed by atoms with Gasteiger partial charge in [0.05, 0.1) is 0 Å². The molecule has 0 aromatic carbocycles. The van der Waals surface area contributed by atoms with Crippen LogP contribution in [0.1, 0.15) is 60.3 Å². The highest BCUT2D eigenvalue weighted by Crippen LogP contribution is 2.38. The molecule has 2 nitrogen and oxygen atoms in total. The maximum atomic E-state index is 3.85. The average molecular weight is 264 g/mol. The van der Waals surface area contributed by atoms with E-state index in [0.717, 1.165) is 6.54 Å². The van der Waals surface area contributed by atoms with Crippen molar-refractivity contribution < 1.29 is 0 Å². The molecule has 19 heavy (non-hydrogen) atoms. The molecule has 1 unspecified atom stereocenters. The van der Waals surface area contributed by atoms with Gasteiger partial charge in [0, 0.05) is 31.2 Å². The molecule has 1 spiro atoms. The molecular formula is C17H32N2. The third kappa shape index (κ3) is 3.41. The molecule has 0 amide bonds. The van der Waals surface area contributed by atoms with E-state index in [2.05, 4.69) is 50.9 Å². The van der Waals surface area contributed by atoms with E-state index in [0.29, 0.717) is 17.0 Å². The van der Waals surface area contributed by atoms with Crippen LogP contribution in [0.4, 0.5) is 0 Å². The van der Waals surface area contributed by atoms with Gasteiger partial charge in [-0.2, -0.15) is 0 Å². The van der Waals surface area contributed by atoms with Crippen LogP contribution in [0.2, 0.25) is 0 Å². The average Bonchev–Trinajstić information content (AvgIpc) is 2.75. The van der Waals surface area contributed by atoms with Gasteiger partial charge in [0.1, 0.15) is 0 Å². The minimum absolute atomic E-state index is 0.351. The number of hydrogen-bond donors (Lipinski definition) is 1. The second-order valence-corrected chi connectivity index (χ2v) is 7.92. The summed E-state index contributed by atoms with van der Waals surface area (Å²) in [6.07, 6.45) is 7.99. The Labute approximate surface area is 119 Å². The van der Waals surface area contributed by atoms with Crippen LogP contribution in [0.15, 0.2) is 11.6 Å². The lowest BCUT2D eigenvalue weighted by Gasteiger charge is -2.51. The van der Waals surface area contributed by atoms with Gasteiger partial charge in [-0.15, -0.1) is 0 Å². The molecule has 2 aliphatic rings. The number of allylic oxidation sites excluding steroid dienone is 1. The number of nitrogens with one attached hydrogen (secondary N) is 1. The molecule has 1 atom stereocenters. The fraction of sp³-hybridized carbons (Fsp3) is 0.882. The Kier molecular flexibility index (Phi) is 4.42. The Morgan fingerprint density at radius 1 is 1.26 bits per heavy atom. The molecule has 0 aromatic heterocycles. The molecule has 1 N–H and O–H groups in total. The zero-order valence-corrected chi connectivity index (χ0v) is 13.6. The maximum Gasteiger partial charge on any atom is 0.0338 e. The van der Waals surface area contributed by atoms with Crippen molar-refractivity contribution in [2.24, 2.45) is 5.41 Å². The zero-order valence-electron chi connectivity index (χ0n) is 13.6. The summed E-state index contributed by atoms with van der Waals surface area (Å²) in [6, 6.07) is 0.615. The van der Waals surface area contributed by atoms with E-state index < -0.39 is 0 Å². The van der Waals surface area contributed by atoms with Crippen molar-refractivity contribution in [2.45, 2.75) is 71.9 Å². The van der Waals surface area contributed by atoms with Gasteiger partial charge in [-0.25, -0.2) is 0 Å². The largest absolute Gasteiger partial charge is 0.310 e. The van der Waals surface area contributed by atoms with E-state index in [1.165, 1.54) is 44.3 Å². The standard InChI is InChI=1S/C17H32N2/c1-14(2)8-11-19-12-15(16(3,4)5)18-13-17(19)9-6-7-10-17/h8,15,18H,6-7,9-13H2,1-5H3. The van der Waals surface area contributed by atoms with Crippen molar-refractivity contribution in [2.75, 3.05) is 19.6 Å². The third-order valence-corrected chi connectivity index (χ3v) is 5.05. The SMILES string of the molecule is CC(C)=CCN1CC(C(C)(C)C)NCC12CCCC2. The predicted octanol–water partition coefficient (Wildman–Crippen LogP) is 3.59. The first-order chi connectivity index (χ1) is 8.83. The van der Waals surface area contributed by atoms with Crippen molar-refractivity contribution >= 4 is 0 Å². The quantitative estimate of drug-likeness (QED) is 0.767. The summed E-state index contributed by atoms with van der Waals surface area (Å²) in [5.74, 6) is 0. The molecule has 110 valence electrons. The van der Waals surface area contributed by atoms with Crippen molar-refractivity contribution in [3.8, 4) is 0 Å². The number of nitrogens with zero attached hydrogens (tertiary/aromatic N) is 1. The van der Waals surface area contributed by atoms with E-state index in [1.54, 1.807) is 0 Å². The van der Waals surface area contributed by atoms with Crippen LogP contribution in [0.3, 0.4) is 0 Å². The molecule has 0 aromatic rings. The van der Waals surface area contributed by atoms with Crippen molar-refractivity contribution in [1.29, 1.82) is 0 Å². The van der Waals surface area contributed by atoms with Gasteiger partial charge in [0.2, 0.25) is 0 Å². The van der Waals surface area contributed by atoms with Crippen LogP contribution in [-0.4, -0.2) is 36.1 Å². The molecule has 2 rings (SSSR count). The molecular weight excluding hydrogens is 232 g/mol. The Bertz CT molecular complexity index is 328. The minimum Gasteiger partial charge on any atom is -0.310 e. The Hall–Kier alpha value is -0.340. The lowest BCUT2D eigenvalue weighted by molar-refractivity contribution is 0.0263. The fourth-order valence-electron chi connectivity index (χ4n) is 3.57. The van der Waals surface area contributed by atoms with Gasteiger partial charge in [-0.3, -0.25) is 4.90 Å². The smallest absolute Gasteiger partial charge is 0.0338 e. The highest BCUT2D eigenvalue weighted by atomic mass is 15.3. The molecule has 1 aliphatic heterocycles. The van der Waals surface area contributed by atoms with Gasteiger partial charge in [-0.05, 0) is 32.1 Å². The van der Waals surface area contributed by atoms with Gasteiger partial charge in [-0.1, -0.05) is 45.3 Å². The summed E-state index contributed by atoms with van der Waals surface area (Å²) in [5.41, 5.74) is 2.25. The van der Waals surface area contributed by atoms with Crippen LogP contribution in [0.5, 0.6) is 0 Å². The molecule has 2 fully saturated rings. The highest BCUT2D eigenvalue weighted by Gasteiger charge is 2.44. The number of hydrogen-bond acceptors (Lipinski definition) is 2. The molecule has 1 saturated carbocycles. The molecule has 1 aliphatic carbocycles. The van der Waals surface area contributed by atoms with Gasteiger partial charge in [0.25, 0.3) is 0 Å². The monoisotopic (exact) mass is 264 g/mol. The van der Waals surface area contributed by atoms with Crippen LogP contribution >= 0.6 is 0 Å². The Morgan fingerprint density at radius 3 is 2.42 bits per heavy atom. The lowest BCUT2D eigenvalue weighted by atomic mass is 9.81. The van der Waals surface area contributed by atoms with Crippen molar-refractivity contribution in [1.82, 2.24) is 10.2 Å². The van der Waals surface area contributed by atoms with Crippen LogP contribution in [0, 0.1) is 5.41 Å². The number of piperazine rings is 1. The first kappa shape index (κ1) is 15.1. The normalized spacial score (nSPS) is 27.7. The zero-order chi connectivity index (χ0) is 14.1. The topological polar surface area (TPSA) is 15.3 Å². The summed E-state index contributed by atoms with van der Waals surface area (Å²) >= 11 is 0. The second kappa shape index (κ2) is 5.57. The lowest BCUT2D eigenvalue weighted by Crippen LogP contribution is -2.66. The van der Waals surface area contributed by atoms with Gasteiger partial charge in [0.15, 0.2) is 0 Å². The summed E-state index contributed by atoms with van der Waals surface area (Å²) < 4.78 is 0. The third-order valence-electron chi connectivity index (χ3n) is 5.05. The Balaban J connectivity index is 2.12.